The van der Waals surface area contributed by atoms with Crippen molar-refractivity contribution in [2.45, 2.75) is 176 Å². The van der Waals surface area contributed by atoms with Crippen molar-refractivity contribution in [2.75, 3.05) is 0 Å². The fourth-order valence-corrected chi connectivity index (χ4v) is 14.7. The Labute approximate surface area is 312 Å². The SMILES string of the molecule is O=C(Oc1c(C2CCCCC2)cc(S(=O)(=O)O)cc1C1CCCCC1)c1c(C2CC3CCC2C3)cc(C2CC3CCC2C3)cc1C1CC2CCC1C2. The molecule has 6 bridgehead atoms. The predicted molar refractivity (Wildman–Crippen MR) is 204 cm³/mol. The summed E-state index contributed by atoms with van der Waals surface area (Å²) >= 11 is 0. The smallest absolute Gasteiger partial charge is 0.344 e. The van der Waals surface area contributed by atoms with Crippen molar-refractivity contribution in [1.82, 2.24) is 0 Å². The second kappa shape index (κ2) is 13.5. The van der Waals surface area contributed by atoms with Crippen LogP contribution in [-0.4, -0.2) is 18.9 Å². The summed E-state index contributed by atoms with van der Waals surface area (Å²) in [4.78, 5) is 15.5. The maximum atomic E-state index is 15.5. The van der Waals surface area contributed by atoms with Crippen molar-refractivity contribution in [2.24, 2.45) is 35.5 Å². The highest BCUT2D eigenvalue weighted by molar-refractivity contribution is 7.85. The molecule has 8 aliphatic carbocycles. The molecule has 1 N–H and O–H groups in total. The minimum atomic E-state index is -4.43. The van der Waals surface area contributed by atoms with Gasteiger partial charge < -0.3 is 4.74 Å². The van der Waals surface area contributed by atoms with Crippen LogP contribution in [-0.2, 0) is 10.1 Å². The average molecular weight is 725 g/mol. The normalized spacial score (nSPS) is 35.9. The van der Waals surface area contributed by atoms with E-state index < -0.39 is 10.1 Å². The summed E-state index contributed by atoms with van der Waals surface area (Å²) in [7, 11) is -4.43. The van der Waals surface area contributed by atoms with Gasteiger partial charge in [-0.3, -0.25) is 4.55 Å². The third-order valence-electron chi connectivity index (χ3n) is 16.6. The number of benzene rings is 2. The van der Waals surface area contributed by atoms with Crippen molar-refractivity contribution < 1.29 is 22.5 Å². The summed E-state index contributed by atoms with van der Waals surface area (Å²) in [5.41, 5.74) is 6.72. The third-order valence-corrected chi connectivity index (χ3v) is 17.4. The Morgan fingerprint density at radius 3 is 1.37 bits per heavy atom. The molecule has 9 unspecified atom stereocenters. The predicted octanol–water partition coefficient (Wildman–Crippen LogP) is 12.0. The first-order valence-corrected chi connectivity index (χ1v) is 23.3. The molecule has 0 heterocycles. The van der Waals surface area contributed by atoms with Crippen molar-refractivity contribution in [1.29, 1.82) is 0 Å². The van der Waals surface area contributed by atoms with Crippen molar-refractivity contribution >= 4 is 16.1 Å². The molecular formula is C46H60O5S. The standard InChI is InChI=1S/C46H60O5S/c47-46(51-45-40(30-7-3-1-4-8-30)25-36(52(48,49)50)26-41(45)31-9-5-2-6-10-31)44-42(38-21-28-12-15-33(38)18-28)23-35(37-20-27-11-14-32(37)17-27)24-43(44)39-22-29-13-16-34(39)19-29/h23-34,37-39H,1-22H2,(H,48,49,50). The number of rotatable bonds is 8. The lowest BCUT2D eigenvalue weighted by Crippen LogP contribution is -2.24. The Bertz CT molecular complexity index is 1730. The quantitative estimate of drug-likeness (QED) is 0.167. The maximum Gasteiger partial charge on any atom is 0.344 e. The zero-order chi connectivity index (χ0) is 35.1. The van der Waals surface area contributed by atoms with Crippen LogP contribution in [0.2, 0.25) is 0 Å². The number of carbonyl (C=O) groups is 1. The van der Waals surface area contributed by atoms with Gasteiger partial charge >= 0.3 is 5.97 Å². The van der Waals surface area contributed by atoms with Gasteiger partial charge in [-0.25, -0.2) is 4.79 Å². The average Bonchev–Trinajstić information content (AvgIpc) is 4.04. The first kappa shape index (κ1) is 34.3. The molecule has 0 radical (unpaired) electrons. The lowest BCUT2D eigenvalue weighted by atomic mass is 9.72. The number of ether oxygens (including phenoxy) is 1. The highest BCUT2D eigenvalue weighted by atomic mass is 32.2. The fourth-order valence-electron chi connectivity index (χ4n) is 14.1. The van der Waals surface area contributed by atoms with E-state index in [2.05, 4.69) is 12.1 Å². The van der Waals surface area contributed by atoms with Gasteiger partial charge in [-0.05, 0) is 189 Å². The van der Waals surface area contributed by atoms with Crippen LogP contribution < -0.4 is 4.74 Å². The Kier molecular flexibility index (Phi) is 8.93. The van der Waals surface area contributed by atoms with E-state index >= 15 is 4.79 Å². The number of carbonyl (C=O) groups excluding carboxylic acids is 1. The summed E-state index contributed by atoms with van der Waals surface area (Å²) in [6.45, 7) is 0. The van der Waals surface area contributed by atoms with E-state index in [1.165, 1.54) is 107 Å². The van der Waals surface area contributed by atoms with E-state index in [1.54, 1.807) is 12.1 Å². The van der Waals surface area contributed by atoms with Gasteiger partial charge in [-0.1, -0.05) is 69.9 Å². The van der Waals surface area contributed by atoms with Gasteiger partial charge in [0, 0.05) is 0 Å². The van der Waals surface area contributed by atoms with E-state index in [4.69, 9.17) is 4.74 Å². The Morgan fingerprint density at radius 1 is 0.538 bits per heavy atom. The summed E-state index contributed by atoms with van der Waals surface area (Å²) < 4.78 is 43.0. The molecule has 8 aliphatic rings. The van der Waals surface area contributed by atoms with Crippen LogP contribution in [0.15, 0.2) is 29.2 Å². The van der Waals surface area contributed by atoms with E-state index in [0.717, 1.165) is 91.7 Å². The summed E-state index contributed by atoms with van der Waals surface area (Å²) in [6.07, 6.45) is 26.2. The Morgan fingerprint density at radius 2 is 0.981 bits per heavy atom. The minimum Gasteiger partial charge on any atom is -0.422 e. The molecule has 10 rings (SSSR count). The molecule has 2 aromatic rings. The van der Waals surface area contributed by atoms with Crippen molar-refractivity contribution in [3.8, 4) is 5.75 Å². The highest BCUT2D eigenvalue weighted by Gasteiger charge is 2.47. The minimum absolute atomic E-state index is 0.0333. The lowest BCUT2D eigenvalue weighted by molar-refractivity contribution is 0.0724. The number of fused-ring (bicyclic) bond motifs is 6. The maximum absolute atomic E-state index is 15.5. The van der Waals surface area contributed by atoms with Crippen molar-refractivity contribution in [3.63, 3.8) is 0 Å². The van der Waals surface area contributed by atoms with E-state index in [-0.39, 0.29) is 22.7 Å². The molecule has 9 atom stereocenters. The van der Waals surface area contributed by atoms with Crippen LogP contribution in [0.1, 0.15) is 209 Å². The van der Waals surface area contributed by atoms with E-state index in [1.807, 2.05) is 0 Å². The summed E-state index contributed by atoms with van der Waals surface area (Å²) in [6, 6.07) is 8.42. The molecule has 8 saturated carbocycles. The first-order valence-electron chi connectivity index (χ1n) is 21.8. The molecule has 280 valence electrons. The third kappa shape index (κ3) is 6.13. The Balaban J connectivity index is 1.13. The number of esters is 1. The van der Waals surface area contributed by atoms with Crippen LogP contribution in [0.3, 0.4) is 0 Å². The van der Waals surface area contributed by atoms with Gasteiger partial charge in [0.25, 0.3) is 10.1 Å². The Hall–Kier alpha value is -2.18. The van der Waals surface area contributed by atoms with Gasteiger partial charge in [-0.2, -0.15) is 8.42 Å². The van der Waals surface area contributed by atoms with E-state index in [0.29, 0.717) is 35.3 Å². The molecule has 0 aliphatic heterocycles. The van der Waals surface area contributed by atoms with Gasteiger partial charge in [0.05, 0.1) is 10.5 Å². The fraction of sp³-hybridized carbons (Fsp3) is 0.717. The van der Waals surface area contributed by atoms with Gasteiger partial charge in [0.2, 0.25) is 0 Å². The topological polar surface area (TPSA) is 80.7 Å². The monoisotopic (exact) mass is 724 g/mol. The molecule has 5 nitrogen and oxygen atoms in total. The second-order valence-corrected chi connectivity index (χ2v) is 20.8. The molecule has 0 saturated heterocycles. The lowest BCUT2D eigenvalue weighted by Gasteiger charge is -2.33. The van der Waals surface area contributed by atoms with Gasteiger partial charge in [-0.15, -0.1) is 0 Å². The van der Waals surface area contributed by atoms with E-state index in [9.17, 15) is 13.0 Å². The zero-order valence-electron chi connectivity index (χ0n) is 31.2. The molecule has 6 heteroatoms. The van der Waals surface area contributed by atoms with Crippen molar-refractivity contribution in [3.05, 3.63) is 57.6 Å². The molecule has 0 spiro atoms. The molecular weight excluding hydrogens is 665 g/mol. The van der Waals surface area contributed by atoms with Crippen LogP contribution in [0.25, 0.3) is 0 Å². The molecule has 2 aromatic carbocycles. The molecule has 8 fully saturated rings. The summed E-state index contributed by atoms with van der Waals surface area (Å²) in [5, 5.41) is 0. The van der Waals surface area contributed by atoms with Crippen LogP contribution in [0.5, 0.6) is 5.75 Å². The number of hydrogen-bond acceptors (Lipinski definition) is 4. The molecule has 0 aromatic heterocycles. The summed E-state index contributed by atoms with van der Waals surface area (Å²) in [5.74, 6) is 6.70. The highest BCUT2D eigenvalue weighted by Crippen LogP contribution is 2.59. The molecule has 52 heavy (non-hydrogen) atoms. The van der Waals surface area contributed by atoms with Crippen LogP contribution in [0, 0.1) is 35.5 Å². The second-order valence-electron chi connectivity index (χ2n) is 19.4. The van der Waals surface area contributed by atoms with Crippen LogP contribution >= 0.6 is 0 Å². The van der Waals surface area contributed by atoms with Gasteiger partial charge in [0.15, 0.2) is 0 Å². The number of hydrogen-bond donors (Lipinski definition) is 1. The van der Waals surface area contributed by atoms with Crippen LogP contribution in [0.4, 0.5) is 0 Å². The van der Waals surface area contributed by atoms with Gasteiger partial charge in [0.1, 0.15) is 5.75 Å². The zero-order valence-corrected chi connectivity index (χ0v) is 32.0. The largest absolute Gasteiger partial charge is 0.422 e. The molecule has 0 amide bonds. The first-order chi connectivity index (χ1) is 25.3.